The number of sulfone groups is 1. The van der Waals surface area contributed by atoms with E-state index >= 15 is 0 Å². The number of nitrogen functional groups attached to an aromatic ring is 1. The van der Waals surface area contributed by atoms with E-state index in [-0.39, 0.29) is 12.3 Å². The van der Waals surface area contributed by atoms with E-state index in [4.69, 9.17) is 10.5 Å². The zero-order valence-corrected chi connectivity index (χ0v) is 11.7. The molecule has 21 heavy (non-hydrogen) atoms. The fourth-order valence-corrected chi connectivity index (χ4v) is 2.98. The molecular weight excluding hydrogens is 300 g/mol. The summed E-state index contributed by atoms with van der Waals surface area (Å²) in [6.45, 7) is -0.213. The summed E-state index contributed by atoms with van der Waals surface area (Å²) in [5.74, 6) is -2.47. The van der Waals surface area contributed by atoms with Crippen molar-refractivity contribution in [3.63, 3.8) is 0 Å². The van der Waals surface area contributed by atoms with Crippen molar-refractivity contribution in [1.82, 2.24) is 0 Å². The van der Waals surface area contributed by atoms with Crippen LogP contribution in [0.25, 0.3) is 0 Å². The third-order valence-electron chi connectivity index (χ3n) is 2.70. The maximum atomic E-state index is 13.6. The Labute approximate surface area is 121 Å². The van der Waals surface area contributed by atoms with E-state index in [1.807, 2.05) is 0 Å². The highest BCUT2D eigenvalue weighted by molar-refractivity contribution is 7.91. The number of benzene rings is 2. The van der Waals surface area contributed by atoms with Gasteiger partial charge in [-0.1, -0.05) is 18.2 Å². The van der Waals surface area contributed by atoms with Crippen LogP contribution < -0.4 is 10.5 Å². The normalized spacial score (nSPS) is 11.3. The second-order valence-corrected chi connectivity index (χ2v) is 6.34. The first-order valence-electron chi connectivity index (χ1n) is 6.05. The topological polar surface area (TPSA) is 69.4 Å². The lowest BCUT2D eigenvalue weighted by Crippen LogP contribution is -2.17. The van der Waals surface area contributed by atoms with Crippen LogP contribution >= 0.6 is 0 Å². The quantitative estimate of drug-likeness (QED) is 0.861. The van der Waals surface area contributed by atoms with Gasteiger partial charge in [-0.25, -0.2) is 17.2 Å². The van der Waals surface area contributed by atoms with Gasteiger partial charge in [-0.05, 0) is 24.3 Å². The van der Waals surface area contributed by atoms with Crippen molar-refractivity contribution in [3.8, 4) is 5.75 Å². The fourth-order valence-electron chi connectivity index (χ4n) is 1.76. The van der Waals surface area contributed by atoms with Gasteiger partial charge in [0, 0.05) is 5.69 Å². The molecule has 0 radical (unpaired) electrons. The number of halogens is 2. The molecule has 0 spiro atoms. The second-order valence-electron chi connectivity index (χ2n) is 4.29. The number of ether oxygens (including phenoxy) is 1. The van der Waals surface area contributed by atoms with Crippen LogP contribution in [0.2, 0.25) is 0 Å². The highest BCUT2D eigenvalue weighted by atomic mass is 32.2. The van der Waals surface area contributed by atoms with E-state index in [0.717, 1.165) is 12.1 Å². The molecule has 4 nitrogen and oxygen atoms in total. The number of rotatable bonds is 5. The van der Waals surface area contributed by atoms with E-state index in [9.17, 15) is 17.2 Å². The van der Waals surface area contributed by atoms with Crippen LogP contribution in [0.4, 0.5) is 14.5 Å². The Hall–Kier alpha value is -2.15. The molecule has 2 N–H and O–H groups in total. The molecule has 2 aromatic rings. The van der Waals surface area contributed by atoms with Gasteiger partial charge in [-0.3, -0.25) is 0 Å². The van der Waals surface area contributed by atoms with Gasteiger partial charge in [0.25, 0.3) is 0 Å². The first-order valence-corrected chi connectivity index (χ1v) is 7.70. The Morgan fingerprint density at radius 3 is 2.19 bits per heavy atom. The van der Waals surface area contributed by atoms with Crippen LogP contribution in [0.5, 0.6) is 5.75 Å². The molecule has 0 fully saturated rings. The third kappa shape index (κ3) is 3.69. The highest BCUT2D eigenvalue weighted by Gasteiger charge is 2.24. The maximum absolute atomic E-state index is 13.6. The molecule has 112 valence electrons. The lowest BCUT2D eigenvalue weighted by molar-refractivity contribution is 0.340. The number of hydrogen-bond donors (Lipinski definition) is 1. The first kappa shape index (κ1) is 15.2. The van der Waals surface area contributed by atoms with Crippen molar-refractivity contribution >= 4 is 15.5 Å². The Kier molecular flexibility index (Phi) is 4.42. The summed E-state index contributed by atoms with van der Waals surface area (Å²) >= 11 is 0. The van der Waals surface area contributed by atoms with Crippen LogP contribution in [0.1, 0.15) is 0 Å². The van der Waals surface area contributed by atoms with Crippen molar-refractivity contribution < 1.29 is 21.9 Å². The van der Waals surface area contributed by atoms with Crippen molar-refractivity contribution in [2.45, 2.75) is 4.90 Å². The summed E-state index contributed by atoms with van der Waals surface area (Å²) in [6, 6.07) is 10.1. The average Bonchev–Trinajstić information content (AvgIpc) is 2.38. The molecule has 0 aromatic heterocycles. The minimum absolute atomic E-state index is 0.176. The summed E-state index contributed by atoms with van der Waals surface area (Å²) < 4.78 is 56.4. The zero-order valence-electron chi connectivity index (χ0n) is 10.9. The molecule has 0 atom stereocenters. The largest absolute Gasteiger partial charge is 0.493 e. The molecule has 2 rings (SSSR count). The molecule has 0 heterocycles. The van der Waals surface area contributed by atoms with E-state index in [1.165, 1.54) is 0 Å². The van der Waals surface area contributed by atoms with Gasteiger partial charge in [0.2, 0.25) is 0 Å². The van der Waals surface area contributed by atoms with Gasteiger partial charge >= 0.3 is 0 Å². The molecule has 0 aliphatic carbocycles. The van der Waals surface area contributed by atoms with E-state index in [2.05, 4.69) is 0 Å². The van der Waals surface area contributed by atoms with E-state index in [0.29, 0.717) is 5.75 Å². The van der Waals surface area contributed by atoms with Crippen molar-refractivity contribution in [1.29, 1.82) is 0 Å². The molecule has 0 unspecified atom stereocenters. The molecular formula is C14H13F2NO3S. The monoisotopic (exact) mass is 313 g/mol. The summed E-state index contributed by atoms with van der Waals surface area (Å²) in [7, 11) is -4.14. The zero-order chi connectivity index (χ0) is 15.5. The average molecular weight is 313 g/mol. The lowest BCUT2D eigenvalue weighted by Gasteiger charge is -2.09. The smallest absolute Gasteiger partial charge is 0.187 e. The second kappa shape index (κ2) is 6.09. The summed E-state index contributed by atoms with van der Waals surface area (Å²) in [4.78, 5) is -0.978. The van der Waals surface area contributed by atoms with Gasteiger partial charge in [-0.15, -0.1) is 0 Å². The minimum atomic E-state index is -4.14. The van der Waals surface area contributed by atoms with Crippen LogP contribution in [-0.4, -0.2) is 20.8 Å². The number of nitrogens with two attached hydrogens (primary N) is 1. The Morgan fingerprint density at radius 2 is 1.62 bits per heavy atom. The van der Waals surface area contributed by atoms with Crippen molar-refractivity contribution in [2.24, 2.45) is 0 Å². The molecule has 0 saturated carbocycles. The molecule has 0 saturated heterocycles. The Morgan fingerprint density at radius 1 is 1.05 bits per heavy atom. The van der Waals surface area contributed by atoms with Crippen LogP contribution in [0.3, 0.4) is 0 Å². The molecule has 0 aliphatic heterocycles. The third-order valence-corrected chi connectivity index (χ3v) is 4.41. The van der Waals surface area contributed by atoms with Crippen molar-refractivity contribution in [3.05, 3.63) is 54.1 Å². The van der Waals surface area contributed by atoms with E-state index < -0.39 is 32.1 Å². The number of hydrogen-bond acceptors (Lipinski definition) is 4. The van der Waals surface area contributed by atoms with Crippen LogP contribution in [0, 0.1) is 11.6 Å². The first-order chi connectivity index (χ1) is 9.90. The predicted molar refractivity (Wildman–Crippen MR) is 74.8 cm³/mol. The molecule has 0 amide bonds. The van der Waals surface area contributed by atoms with Crippen LogP contribution in [-0.2, 0) is 9.84 Å². The molecule has 2 aromatic carbocycles. The molecule has 7 heteroatoms. The summed E-state index contributed by atoms with van der Waals surface area (Å²) in [6.07, 6.45) is 0. The van der Waals surface area contributed by atoms with Gasteiger partial charge < -0.3 is 10.5 Å². The summed E-state index contributed by atoms with van der Waals surface area (Å²) in [5, 5.41) is 0. The number of anilines is 1. The van der Waals surface area contributed by atoms with Gasteiger partial charge in [0.15, 0.2) is 9.84 Å². The highest BCUT2D eigenvalue weighted by Crippen LogP contribution is 2.23. The van der Waals surface area contributed by atoms with Gasteiger partial charge in [0.05, 0.1) is 5.75 Å². The van der Waals surface area contributed by atoms with E-state index in [1.54, 1.807) is 30.3 Å². The standard InChI is InChI=1S/C14H13F2NO3S/c15-12-8-10(17)9-13(16)14(12)21(18,19)7-6-20-11-4-2-1-3-5-11/h1-5,8-9H,6-7,17H2. The van der Waals surface area contributed by atoms with Gasteiger partial charge in [0.1, 0.15) is 28.9 Å². The lowest BCUT2D eigenvalue weighted by atomic mass is 10.3. The predicted octanol–water partition coefficient (Wildman–Crippen LogP) is 2.40. The maximum Gasteiger partial charge on any atom is 0.187 e. The minimum Gasteiger partial charge on any atom is -0.493 e. The molecule has 0 aliphatic rings. The van der Waals surface area contributed by atoms with Crippen LogP contribution in [0.15, 0.2) is 47.4 Å². The number of para-hydroxylation sites is 1. The fraction of sp³-hybridized carbons (Fsp3) is 0.143. The SMILES string of the molecule is Nc1cc(F)c(S(=O)(=O)CCOc2ccccc2)c(F)c1. The summed E-state index contributed by atoms with van der Waals surface area (Å²) in [5.41, 5.74) is 5.07. The molecule has 0 bridgehead atoms. The Bertz CT molecular complexity index is 710. The Balaban J connectivity index is 2.12. The van der Waals surface area contributed by atoms with Gasteiger partial charge in [-0.2, -0.15) is 0 Å². The van der Waals surface area contributed by atoms with Crippen molar-refractivity contribution in [2.75, 3.05) is 18.1 Å².